The molecular formula is C10H8Cl2N2. The summed E-state index contributed by atoms with van der Waals surface area (Å²) in [5.41, 5.74) is 1.77. The van der Waals surface area contributed by atoms with Gasteiger partial charge in [-0.1, -0.05) is 23.2 Å². The quantitative estimate of drug-likeness (QED) is 0.729. The Labute approximate surface area is 92.1 Å². The number of rotatable bonds is 1. The van der Waals surface area contributed by atoms with Gasteiger partial charge in [-0.25, -0.2) is 4.68 Å². The Morgan fingerprint density at radius 1 is 1.14 bits per heavy atom. The van der Waals surface area contributed by atoms with E-state index in [1.54, 1.807) is 10.9 Å². The molecule has 0 aliphatic carbocycles. The van der Waals surface area contributed by atoms with E-state index < -0.39 is 0 Å². The average molecular weight is 227 g/mol. The van der Waals surface area contributed by atoms with Crippen molar-refractivity contribution in [2.45, 2.75) is 6.92 Å². The van der Waals surface area contributed by atoms with Crippen LogP contribution in [0.1, 0.15) is 5.69 Å². The van der Waals surface area contributed by atoms with Gasteiger partial charge in [0.15, 0.2) is 0 Å². The van der Waals surface area contributed by atoms with Crippen molar-refractivity contribution in [2.75, 3.05) is 0 Å². The SMILES string of the molecule is Cc1nn(-c2ccc(Cl)cc2)cc1Cl. The number of hydrogen-bond donors (Lipinski definition) is 0. The Balaban J connectivity index is 2.44. The van der Waals surface area contributed by atoms with E-state index in [0.717, 1.165) is 11.4 Å². The van der Waals surface area contributed by atoms with Crippen LogP contribution in [0.15, 0.2) is 30.5 Å². The van der Waals surface area contributed by atoms with Crippen LogP contribution in [-0.4, -0.2) is 9.78 Å². The number of halogens is 2. The second kappa shape index (κ2) is 3.64. The van der Waals surface area contributed by atoms with Gasteiger partial charge in [-0.05, 0) is 31.2 Å². The molecule has 0 saturated carbocycles. The molecule has 0 aliphatic rings. The van der Waals surface area contributed by atoms with Crippen LogP contribution in [0.4, 0.5) is 0 Å². The summed E-state index contributed by atoms with van der Waals surface area (Å²) in [4.78, 5) is 0. The van der Waals surface area contributed by atoms with Crippen LogP contribution >= 0.6 is 23.2 Å². The van der Waals surface area contributed by atoms with Crippen molar-refractivity contribution < 1.29 is 0 Å². The lowest BCUT2D eigenvalue weighted by atomic mass is 10.3. The minimum absolute atomic E-state index is 0.667. The molecule has 0 N–H and O–H groups in total. The molecule has 72 valence electrons. The minimum Gasteiger partial charge on any atom is -0.239 e. The molecule has 0 radical (unpaired) electrons. The lowest BCUT2D eigenvalue weighted by Crippen LogP contribution is -1.93. The van der Waals surface area contributed by atoms with Crippen LogP contribution in [0, 0.1) is 6.92 Å². The first-order valence-corrected chi connectivity index (χ1v) is 4.90. The third-order valence-electron chi connectivity index (χ3n) is 1.93. The molecule has 0 saturated heterocycles. The molecule has 0 fully saturated rings. The van der Waals surface area contributed by atoms with Gasteiger partial charge < -0.3 is 0 Å². The largest absolute Gasteiger partial charge is 0.239 e. The van der Waals surface area contributed by atoms with Crippen molar-refractivity contribution in [1.29, 1.82) is 0 Å². The predicted octanol–water partition coefficient (Wildman–Crippen LogP) is 3.49. The molecule has 0 amide bonds. The smallest absolute Gasteiger partial charge is 0.0819 e. The number of hydrogen-bond acceptors (Lipinski definition) is 1. The Bertz CT molecular complexity index is 426. The molecule has 4 heteroatoms. The molecule has 1 aromatic carbocycles. The minimum atomic E-state index is 0.667. The molecule has 0 bridgehead atoms. The molecule has 0 aliphatic heterocycles. The van der Waals surface area contributed by atoms with Gasteiger partial charge in [0.1, 0.15) is 0 Å². The number of aromatic nitrogens is 2. The maximum absolute atomic E-state index is 5.90. The van der Waals surface area contributed by atoms with Gasteiger partial charge in [-0.3, -0.25) is 0 Å². The van der Waals surface area contributed by atoms with Crippen molar-refractivity contribution >= 4 is 23.2 Å². The molecule has 14 heavy (non-hydrogen) atoms. The normalized spacial score (nSPS) is 10.5. The van der Waals surface area contributed by atoms with E-state index >= 15 is 0 Å². The monoisotopic (exact) mass is 226 g/mol. The summed E-state index contributed by atoms with van der Waals surface area (Å²) in [7, 11) is 0. The maximum atomic E-state index is 5.90. The first kappa shape index (κ1) is 9.56. The molecule has 1 aromatic heterocycles. The van der Waals surface area contributed by atoms with Crippen LogP contribution in [-0.2, 0) is 0 Å². The zero-order valence-corrected chi connectivity index (χ0v) is 9.05. The summed E-state index contributed by atoms with van der Waals surface area (Å²) in [5, 5.41) is 5.63. The highest BCUT2D eigenvalue weighted by Gasteiger charge is 2.02. The van der Waals surface area contributed by atoms with Gasteiger partial charge in [0.05, 0.1) is 16.4 Å². The Kier molecular flexibility index (Phi) is 2.48. The molecular weight excluding hydrogens is 219 g/mol. The van der Waals surface area contributed by atoms with Gasteiger partial charge in [0, 0.05) is 11.2 Å². The second-order valence-electron chi connectivity index (χ2n) is 2.98. The van der Waals surface area contributed by atoms with Gasteiger partial charge in [0.25, 0.3) is 0 Å². The standard InChI is InChI=1S/C10H8Cl2N2/c1-7-10(12)6-14(13-7)9-4-2-8(11)3-5-9/h2-6H,1H3. The zero-order chi connectivity index (χ0) is 10.1. The first-order chi connectivity index (χ1) is 6.66. The van der Waals surface area contributed by atoms with Crippen LogP contribution in [0.3, 0.4) is 0 Å². The lowest BCUT2D eigenvalue weighted by Gasteiger charge is -1.99. The van der Waals surface area contributed by atoms with Gasteiger partial charge >= 0.3 is 0 Å². The first-order valence-electron chi connectivity index (χ1n) is 4.14. The van der Waals surface area contributed by atoms with Crippen molar-refractivity contribution in [2.24, 2.45) is 0 Å². The molecule has 2 nitrogen and oxygen atoms in total. The van der Waals surface area contributed by atoms with E-state index in [1.165, 1.54) is 0 Å². The highest BCUT2D eigenvalue weighted by Crippen LogP contribution is 2.17. The van der Waals surface area contributed by atoms with Crippen molar-refractivity contribution in [3.05, 3.63) is 46.2 Å². The van der Waals surface area contributed by atoms with E-state index in [-0.39, 0.29) is 0 Å². The summed E-state index contributed by atoms with van der Waals surface area (Å²) in [6, 6.07) is 7.43. The number of nitrogens with zero attached hydrogens (tertiary/aromatic N) is 2. The summed E-state index contributed by atoms with van der Waals surface area (Å²) < 4.78 is 1.73. The zero-order valence-electron chi connectivity index (χ0n) is 7.54. The summed E-state index contributed by atoms with van der Waals surface area (Å²) in [6.07, 6.45) is 1.78. The van der Waals surface area contributed by atoms with Gasteiger partial charge in [-0.2, -0.15) is 5.10 Å². The Morgan fingerprint density at radius 2 is 1.79 bits per heavy atom. The van der Waals surface area contributed by atoms with Crippen molar-refractivity contribution in [3.63, 3.8) is 0 Å². The van der Waals surface area contributed by atoms with Gasteiger partial charge in [0.2, 0.25) is 0 Å². The molecule has 1 heterocycles. The second-order valence-corrected chi connectivity index (χ2v) is 3.83. The fraction of sp³-hybridized carbons (Fsp3) is 0.100. The van der Waals surface area contributed by atoms with Crippen molar-refractivity contribution in [3.8, 4) is 5.69 Å². The maximum Gasteiger partial charge on any atom is 0.0819 e. The number of benzene rings is 1. The molecule has 0 unspecified atom stereocenters. The number of aryl methyl sites for hydroxylation is 1. The highest BCUT2D eigenvalue weighted by atomic mass is 35.5. The molecule has 2 aromatic rings. The molecule has 2 rings (SSSR count). The van der Waals surface area contributed by atoms with Crippen LogP contribution in [0.5, 0.6) is 0 Å². The van der Waals surface area contributed by atoms with Crippen LogP contribution in [0.2, 0.25) is 10.0 Å². The third-order valence-corrected chi connectivity index (χ3v) is 2.55. The molecule has 0 atom stereocenters. The van der Waals surface area contributed by atoms with Crippen LogP contribution < -0.4 is 0 Å². The van der Waals surface area contributed by atoms with E-state index in [0.29, 0.717) is 10.0 Å². The van der Waals surface area contributed by atoms with Gasteiger partial charge in [-0.15, -0.1) is 0 Å². The van der Waals surface area contributed by atoms with E-state index in [9.17, 15) is 0 Å². The predicted molar refractivity (Wildman–Crippen MR) is 58.3 cm³/mol. The summed E-state index contributed by atoms with van der Waals surface area (Å²) in [6.45, 7) is 1.87. The average Bonchev–Trinajstić information content (AvgIpc) is 2.48. The van der Waals surface area contributed by atoms with Crippen molar-refractivity contribution in [1.82, 2.24) is 9.78 Å². The topological polar surface area (TPSA) is 17.8 Å². The molecule has 0 spiro atoms. The van der Waals surface area contributed by atoms with E-state index in [2.05, 4.69) is 5.10 Å². The third kappa shape index (κ3) is 1.76. The van der Waals surface area contributed by atoms with E-state index in [1.807, 2.05) is 31.2 Å². The lowest BCUT2D eigenvalue weighted by molar-refractivity contribution is 0.863. The summed E-state index contributed by atoms with van der Waals surface area (Å²) >= 11 is 11.7. The fourth-order valence-electron chi connectivity index (χ4n) is 1.17. The van der Waals surface area contributed by atoms with E-state index in [4.69, 9.17) is 23.2 Å². The summed E-state index contributed by atoms with van der Waals surface area (Å²) in [5.74, 6) is 0. The van der Waals surface area contributed by atoms with Crippen LogP contribution in [0.25, 0.3) is 5.69 Å². The fourth-order valence-corrected chi connectivity index (χ4v) is 1.42. The highest BCUT2D eigenvalue weighted by molar-refractivity contribution is 6.31. The Hall–Kier alpha value is -0.990. The Morgan fingerprint density at radius 3 is 2.29 bits per heavy atom.